The van der Waals surface area contributed by atoms with Crippen molar-refractivity contribution in [1.29, 1.82) is 0 Å². The summed E-state index contributed by atoms with van der Waals surface area (Å²) in [6, 6.07) is 21.9. The van der Waals surface area contributed by atoms with E-state index >= 15 is 0 Å². The van der Waals surface area contributed by atoms with Gasteiger partial charge < -0.3 is 4.74 Å². The van der Waals surface area contributed by atoms with Crippen LogP contribution in [0.15, 0.2) is 77.7 Å². The molecule has 9 heteroatoms. The third kappa shape index (κ3) is 4.26. The number of sulfonamides is 1. The third-order valence-electron chi connectivity index (χ3n) is 4.79. The second-order valence-corrected chi connectivity index (χ2v) is 8.38. The quantitative estimate of drug-likeness (QED) is 0.474. The van der Waals surface area contributed by atoms with Gasteiger partial charge in [-0.2, -0.15) is 0 Å². The summed E-state index contributed by atoms with van der Waals surface area (Å²) in [6.45, 7) is 2.46. The molecule has 0 spiro atoms. The van der Waals surface area contributed by atoms with E-state index in [0.29, 0.717) is 23.6 Å². The summed E-state index contributed by atoms with van der Waals surface area (Å²) in [4.78, 5) is 0.00490. The van der Waals surface area contributed by atoms with Gasteiger partial charge in [0.25, 0.3) is 10.0 Å². The average molecular weight is 436 g/mol. The molecule has 4 aromatic rings. The molecule has 158 valence electrons. The van der Waals surface area contributed by atoms with Crippen LogP contribution in [0.3, 0.4) is 0 Å². The first kappa shape index (κ1) is 20.5. The number of aromatic nitrogens is 4. The second kappa shape index (κ2) is 8.57. The van der Waals surface area contributed by atoms with Crippen LogP contribution in [0.4, 0.5) is 5.69 Å². The highest BCUT2D eigenvalue weighted by molar-refractivity contribution is 7.92. The van der Waals surface area contributed by atoms with E-state index in [-0.39, 0.29) is 10.6 Å². The first-order valence-electron chi connectivity index (χ1n) is 9.64. The number of tetrazole rings is 1. The fourth-order valence-corrected chi connectivity index (χ4v) is 4.48. The van der Waals surface area contributed by atoms with Crippen molar-refractivity contribution in [3.63, 3.8) is 0 Å². The Kier molecular flexibility index (Phi) is 5.68. The zero-order valence-corrected chi connectivity index (χ0v) is 17.9. The Morgan fingerprint density at radius 2 is 1.61 bits per heavy atom. The van der Waals surface area contributed by atoms with E-state index in [2.05, 4.69) is 20.2 Å². The fourth-order valence-electron chi connectivity index (χ4n) is 3.22. The Bertz CT molecular complexity index is 1290. The number of nitrogens with one attached hydrogen (secondary N) is 1. The number of aryl methyl sites for hydroxylation is 1. The fraction of sp³-hybridized carbons (Fsp3) is 0.136. The zero-order valence-electron chi connectivity index (χ0n) is 17.1. The highest BCUT2D eigenvalue weighted by Gasteiger charge is 2.22. The van der Waals surface area contributed by atoms with Crippen molar-refractivity contribution in [2.75, 3.05) is 11.8 Å². The zero-order chi connectivity index (χ0) is 21.8. The normalized spacial score (nSPS) is 11.3. The van der Waals surface area contributed by atoms with Crippen LogP contribution in [0.1, 0.15) is 6.92 Å². The predicted octanol–water partition coefficient (Wildman–Crippen LogP) is 3.84. The lowest BCUT2D eigenvalue weighted by atomic mass is 10.1. The molecule has 1 N–H and O–H groups in total. The Hall–Kier alpha value is -3.72. The maximum atomic E-state index is 13.2. The number of methoxy groups -OCH3 is 1. The topological polar surface area (TPSA) is 99.0 Å². The number of rotatable bonds is 7. The van der Waals surface area contributed by atoms with Gasteiger partial charge in [-0.25, -0.2) is 13.1 Å². The summed E-state index contributed by atoms with van der Waals surface area (Å²) in [5.41, 5.74) is 3.08. The van der Waals surface area contributed by atoms with Gasteiger partial charge in [0.2, 0.25) is 0 Å². The van der Waals surface area contributed by atoms with Crippen molar-refractivity contribution in [3.05, 3.63) is 72.8 Å². The summed E-state index contributed by atoms with van der Waals surface area (Å²) >= 11 is 0. The summed E-state index contributed by atoms with van der Waals surface area (Å²) < 4.78 is 35.8. The molecular formula is C22H21N5O3S. The molecule has 0 amide bonds. The highest BCUT2D eigenvalue weighted by Crippen LogP contribution is 2.31. The molecule has 1 heterocycles. The monoisotopic (exact) mass is 435 g/mol. The number of anilines is 1. The van der Waals surface area contributed by atoms with E-state index < -0.39 is 10.0 Å². The van der Waals surface area contributed by atoms with Crippen LogP contribution < -0.4 is 9.46 Å². The largest absolute Gasteiger partial charge is 0.495 e. The van der Waals surface area contributed by atoms with Gasteiger partial charge in [0.15, 0.2) is 5.82 Å². The Morgan fingerprint density at radius 3 is 2.29 bits per heavy atom. The summed E-state index contributed by atoms with van der Waals surface area (Å²) in [6.07, 6.45) is 0. The molecule has 0 radical (unpaired) electrons. The van der Waals surface area contributed by atoms with Crippen molar-refractivity contribution in [2.45, 2.75) is 18.4 Å². The van der Waals surface area contributed by atoms with Crippen LogP contribution in [0.25, 0.3) is 22.5 Å². The van der Waals surface area contributed by atoms with Gasteiger partial charge >= 0.3 is 0 Å². The number of benzene rings is 3. The minimum absolute atomic E-state index is 0.00490. The maximum Gasteiger partial charge on any atom is 0.265 e. The van der Waals surface area contributed by atoms with Crippen LogP contribution in [0.2, 0.25) is 0 Å². The molecule has 0 aliphatic carbocycles. The molecule has 0 bridgehead atoms. The van der Waals surface area contributed by atoms with Crippen LogP contribution in [0, 0.1) is 0 Å². The van der Waals surface area contributed by atoms with Gasteiger partial charge in [0.05, 0.1) is 7.11 Å². The van der Waals surface area contributed by atoms with Crippen molar-refractivity contribution in [3.8, 4) is 28.3 Å². The van der Waals surface area contributed by atoms with Gasteiger partial charge in [-0.15, -0.1) is 5.10 Å². The molecule has 0 saturated heterocycles. The lowest BCUT2D eigenvalue weighted by Gasteiger charge is -2.13. The molecule has 1 aromatic heterocycles. The number of hydrogen-bond acceptors (Lipinski definition) is 6. The Labute approximate surface area is 180 Å². The van der Waals surface area contributed by atoms with Crippen LogP contribution in [-0.4, -0.2) is 35.7 Å². The van der Waals surface area contributed by atoms with Gasteiger partial charge in [-0.3, -0.25) is 4.72 Å². The molecule has 0 saturated carbocycles. The molecule has 3 aromatic carbocycles. The van der Waals surface area contributed by atoms with E-state index in [1.807, 2.05) is 49.4 Å². The van der Waals surface area contributed by atoms with Crippen molar-refractivity contribution < 1.29 is 13.2 Å². The minimum Gasteiger partial charge on any atom is -0.495 e. The van der Waals surface area contributed by atoms with Gasteiger partial charge in [-0.1, -0.05) is 42.5 Å². The van der Waals surface area contributed by atoms with Crippen molar-refractivity contribution in [1.82, 2.24) is 20.2 Å². The van der Waals surface area contributed by atoms with E-state index in [4.69, 9.17) is 4.74 Å². The van der Waals surface area contributed by atoms with Gasteiger partial charge in [-0.05, 0) is 58.8 Å². The molecule has 4 rings (SSSR count). The van der Waals surface area contributed by atoms with Crippen LogP contribution in [-0.2, 0) is 16.6 Å². The molecule has 31 heavy (non-hydrogen) atoms. The maximum absolute atomic E-state index is 13.2. The van der Waals surface area contributed by atoms with Crippen molar-refractivity contribution in [2.24, 2.45) is 0 Å². The minimum atomic E-state index is -3.92. The van der Waals surface area contributed by atoms with Crippen molar-refractivity contribution >= 4 is 15.7 Å². The third-order valence-corrected chi connectivity index (χ3v) is 6.19. The molecule has 0 aliphatic rings. The lowest BCUT2D eigenvalue weighted by molar-refractivity contribution is 0.403. The Morgan fingerprint density at radius 1 is 0.935 bits per heavy atom. The van der Waals surface area contributed by atoms with E-state index in [1.54, 1.807) is 28.9 Å². The summed E-state index contributed by atoms with van der Waals surface area (Å²) in [5, 5.41) is 11.6. The Balaban J connectivity index is 1.66. The number of ether oxygens (including phenoxy) is 1. The second-order valence-electron chi connectivity index (χ2n) is 6.73. The first-order chi connectivity index (χ1) is 15.0. The van der Waals surface area contributed by atoms with Gasteiger partial charge in [0, 0.05) is 17.8 Å². The smallest absolute Gasteiger partial charge is 0.265 e. The van der Waals surface area contributed by atoms with E-state index in [0.717, 1.165) is 11.1 Å². The standard InChI is InChI=1S/C22H21N5O3S/c1-3-27-22(23-25-26-27)18-11-14-20(30-2)21(15-18)31(28,29)24-19-12-9-17(10-13-19)16-7-5-4-6-8-16/h4-15,24H,3H2,1-2H3. The molecule has 0 unspecified atom stereocenters. The number of nitrogens with zero attached hydrogens (tertiary/aromatic N) is 4. The molecule has 0 atom stereocenters. The molecule has 0 aliphatic heterocycles. The molecular weight excluding hydrogens is 414 g/mol. The van der Waals surface area contributed by atoms with Crippen LogP contribution >= 0.6 is 0 Å². The van der Waals surface area contributed by atoms with Gasteiger partial charge in [0.1, 0.15) is 10.6 Å². The summed E-state index contributed by atoms with van der Waals surface area (Å²) in [7, 11) is -2.49. The first-order valence-corrected chi connectivity index (χ1v) is 11.1. The van der Waals surface area contributed by atoms with Crippen LogP contribution in [0.5, 0.6) is 5.75 Å². The van der Waals surface area contributed by atoms with E-state index in [9.17, 15) is 8.42 Å². The lowest BCUT2D eigenvalue weighted by Crippen LogP contribution is -2.14. The molecule has 8 nitrogen and oxygen atoms in total. The van der Waals surface area contributed by atoms with E-state index in [1.165, 1.54) is 13.2 Å². The number of hydrogen-bond donors (Lipinski definition) is 1. The predicted molar refractivity (Wildman–Crippen MR) is 118 cm³/mol. The average Bonchev–Trinajstić information content (AvgIpc) is 3.28. The molecule has 0 fully saturated rings. The SMILES string of the molecule is CCn1nnnc1-c1ccc(OC)c(S(=O)(=O)Nc2ccc(-c3ccccc3)cc2)c1. The summed E-state index contributed by atoms with van der Waals surface area (Å²) in [5.74, 6) is 0.710. The highest BCUT2D eigenvalue weighted by atomic mass is 32.2.